The van der Waals surface area contributed by atoms with Gasteiger partial charge in [-0.2, -0.15) is 0 Å². The van der Waals surface area contributed by atoms with Crippen LogP contribution in [0.3, 0.4) is 0 Å². The molecule has 0 saturated heterocycles. The van der Waals surface area contributed by atoms with Gasteiger partial charge in [-0.15, -0.1) is 0 Å². The van der Waals surface area contributed by atoms with Crippen LogP contribution in [-0.4, -0.2) is 16.0 Å². The molecule has 0 aromatic carbocycles. The number of hydrogen-bond donors (Lipinski definition) is 2. The topological polar surface area (TPSA) is 77.1 Å². The third-order valence-electron chi connectivity index (χ3n) is 4.09. The Bertz CT molecular complexity index is 545. The molecule has 5 heteroatoms. The first-order valence-corrected chi connectivity index (χ1v) is 7.82. The smallest absolute Gasteiger partial charge is 0.250 e. The van der Waals surface area contributed by atoms with Gasteiger partial charge in [-0.25, -0.2) is 0 Å². The molecular formula is C16H25N3O2. The summed E-state index contributed by atoms with van der Waals surface area (Å²) in [6.07, 6.45) is 8.17. The SMILES string of the molecule is CCCn1cc(NC(=O)CC2(N)CCCCC2)ccc1=O. The number of carbonyl (C=O) groups is 1. The molecule has 21 heavy (non-hydrogen) atoms. The van der Waals surface area contributed by atoms with Crippen molar-refractivity contribution in [1.82, 2.24) is 4.57 Å². The van der Waals surface area contributed by atoms with Gasteiger partial charge in [0.05, 0.1) is 5.69 Å². The maximum absolute atomic E-state index is 12.2. The first kappa shape index (κ1) is 15.8. The standard InChI is InChI=1S/C16H25N3O2/c1-2-10-19-12-13(6-7-15(19)21)18-14(20)11-16(17)8-4-3-5-9-16/h6-7,12H,2-5,8-11,17H2,1H3,(H,18,20). The molecule has 1 aliphatic rings. The number of anilines is 1. The highest BCUT2D eigenvalue weighted by atomic mass is 16.1. The van der Waals surface area contributed by atoms with Gasteiger partial charge in [-0.05, 0) is 25.3 Å². The van der Waals surface area contributed by atoms with Crippen molar-refractivity contribution in [3.05, 3.63) is 28.7 Å². The zero-order valence-corrected chi connectivity index (χ0v) is 12.7. The molecule has 1 amide bonds. The Hall–Kier alpha value is -1.62. The highest BCUT2D eigenvalue weighted by Gasteiger charge is 2.29. The molecule has 1 saturated carbocycles. The van der Waals surface area contributed by atoms with Crippen LogP contribution < -0.4 is 16.6 Å². The van der Waals surface area contributed by atoms with Crippen LogP contribution in [-0.2, 0) is 11.3 Å². The van der Waals surface area contributed by atoms with Crippen molar-refractivity contribution in [3.63, 3.8) is 0 Å². The minimum Gasteiger partial charge on any atom is -0.325 e. The molecule has 3 N–H and O–H groups in total. The van der Waals surface area contributed by atoms with Crippen LogP contribution in [0, 0.1) is 0 Å². The molecule has 5 nitrogen and oxygen atoms in total. The van der Waals surface area contributed by atoms with Crippen LogP contribution in [0.4, 0.5) is 5.69 Å². The lowest BCUT2D eigenvalue weighted by molar-refractivity contribution is -0.117. The number of nitrogens with two attached hydrogens (primary N) is 1. The molecule has 1 aromatic heterocycles. The molecule has 1 aromatic rings. The van der Waals surface area contributed by atoms with Gasteiger partial charge in [0, 0.05) is 30.8 Å². The van der Waals surface area contributed by atoms with Crippen molar-refractivity contribution < 1.29 is 4.79 Å². The Morgan fingerprint density at radius 3 is 2.71 bits per heavy atom. The van der Waals surface area contributed by atoms with Crippen LogP contribution >= 0.6 is 0 Å². The minimum absolute atomic E-state index is 0.0441. The number of hydrogen-bond acceptors (Lipinski definition) is 3. The minimum atomic E-state index is -0.361. The molecule has 0 unspecified atom stereocenters. The van der Waals surface area contributed by atoms with Crippen LogP contribution in [0.1, 0.15) is 51.9 Å². The summed E-state index contributed by atoms with van der Waals surface area (Å²) >= 11 is 0. The maximum Gasteiger partial charge on any atom is 0.250 e. The summed E-state index contributed by atoms with van der Waals surface area (Å²) in [5.74, 6) is -0.0684. The molecule has 0 aliphatic heterocycles. The fourth-order valence-electron chi connectivity index (χ4n) is 2.98. The van der Waals surface area contributed by atoms with E-state index in [9.17, 15) is 9.59 Å². The molecular weight excluding hydrogens is 266 g/mol. The Morgan fingerprint density at radius 1 is 1.33 bits per heavy atom. The number of aryl methyl sites for hydroxylation is 1. The molecule has 116 valence electrons. The third-order valence-corrected chi connectivity index (χ3v) is 4.09. The van der Waals surface area contributed by atoms with E-state index in [1.54, 1.807) is 16.8 Å². The van der Waals surface area contributed by atoms with Gasteiger partial charge in [-0.3, -0.25) is 9.59 Å². The summed E-state index contributed by atoms with van der Waals surface area (Å²) in [6, 6.07) is 3.14. The first-order chi connectivity index (χ1) is 10.0. The van der Waals surface area contributed by atoms with Crippen molar-refractivity contribution in [2.24, 2.45) is 5.73 Å². The highest BCUT2D eigenvalue weighted by molar-refractivity contribution is 5.91. The Kier molecular flexibility index (Phi) is 5.17. The molecule has 2 rings (SSSR count). The quantitative estimate of drug-likeness (QED) is 0.873. The number of rotatable bonds is 5. The van der Waals surface area contributed by atoms with Crippen molar-refractivity contribution in [2.45, 2.75) is 64.0 Å². The van der Waals surface area contributed by atoms with E-state index in [0.717, 1.165) is 32.1 Å². The summed E-state index contributed by atoms with van der Waals surface area (Å²) in [4.78, 5) is 23.8. The van der Waals surface area contributed by atoms with Gasteiger partial charge >= 0.3 is 0 Å². The summed E-state index contributed by atoms with van der Waals surface area (Å²) < 4.78 is 1.62. The van der Waals surface area contributed by atoms with E-state index in [-0.39, 0.29) is 17.0 Å². The summed E-state index contributed by atoms with van der Waals surface area (Å²) in [7, 11) is 0. The summed E-state index contributed by atoms with van der Waals surface area (Å²) in [5, 5.41) is 2.86. The van der Waals surface area contributed by atoms with Crippen molar-refractivity contribution >= 4 is 11.6 Å². The number of carbonyl (C=O) groups excluding carboxylic acids is 1. The average Bonchev–Trinajstić information content (AvgIpc) is 2.43. The second-order valence-corrected chi connectivity index (χ2v) is 6.10. The third kappa shape index (κ3) is 4.43. The van der Waals surface area contributed by atoms with Crippen LogP contribution in [0.15, 0.2) is 23.1 Å². The molecule has 1 fully saturated rings. The van der Waals surface area contributed by atoms with E-state index in [4.69, 9.17) is 5.73 Å². The van der Waals surface area contributed by atoms with E-state index >= 15 is 0 Å². The Labute approximate surface area is 125 Å². The lowest BCUT2D eigenvalue weighted by Crippen LogP contribution is -2.44. The molecule has 1 aliphatic carbocycles. The number of aromatic nitrogens is 1. The Balaban J connectivity index is 1.99. The van der Waals surface area contributed by atoms with Gasteiger partial charge in [-0.1, -0.05) is 26.2 Å². The van der Waals surface area contributed by atoms with Crippen molar-refractivity contribution in [2.75, 3.05) is 5.32 Å². The summed E-state index contributed by atoms with van der Waals surface area (Å²) in [6.45, 7) is 2.67. The van der Waals surface area contributed by atoms with E-state index < -0.39 is 0 Å². The highest BCUT2D eigenvalue weighted by Crippen LogP contribution is 2.28. The second-order valence-electron chi connectivity index (χ2n) is 6.10. The number of nitrogens with zero attached hydrogens (tertiary/aromatic N) is 1. The van der Waals surface area contributed by atoms with Gasteiger partial charge in [0.2, 0.25) is 5.91 Å². The normalized spacial score (nSPS) is 17.4. The lowest BCUT2D eigenvalue weighted by atomic mass is 9.80. The van der Waals surface area contributed by atoms with E-state index in [0.29, 0.717) is 18.7 Å². The zero-order chi connectivity index (χ0) is 15.3. The van der Waals surface area contributed by atoms with Crippen molar-refractivity contribution in [1.29, 1.82) is 0 Å². The monoisotopic (exact) mass is 291 g/mol. The molecule has 1 heterocycles. The zero-order valence-electron chi connectivity index (χ0n) is 12.7. The van der Waals surface area contributed by atoms with Gasteiger partial charge in [0.1, 0.15) is 0 Å². The number of pyridine rings is 1. The molecule has 0 bridgehead atoms. The number of nitrogens with one attached hydrogen (secondary N) is 1. The molecule has 0 radical (unpaired) electrons. The average molecular weight is 291 g/mol. The van der Waals surface area contributed by atoms with Crippen molar-refractivity contribution in [3.8, 4) is 0 Å². The second kappa shape index (κ2) is 6.89. The molecule has 0 atom stereocenters. The first-order valence-electron chi connectivity index (χ1n) is 7.82. The van der Waals surface area contributed by atoms with Gasteiger partial charge in [0.25, 0.3) is 5.56 Å². The maximum atomic E-state index is 12.2. The fourth-order valence-corrected chi connectivity index (χ4v) is 2.98. The molecule has 0 spiro atoms. The largest absolute Gasteiger partial charge is 0.325 e. The predicted molar refractivity (Wildman–Crippen MR) is 84.2 cm³/mol. The van der Waals surface area contributed by atoms with Crippen LogP contribution in [0.2, 0.25) is 0 Å². The lowest BCUT2D eigenvalue weighted by Gasteiger charge is -2.32. The predicted octanol–water partition coefficient (Wildman–Crippen LogP) is 2.25. The van der Waals surface area contributed by atoms with E-state index in [1.807, 2.05) is 6.92 Å². The van der Waals surface area contributed by atoms with E-state index in [1.165, 1.54) is 12.5 Å². The van der Waals surface area contributed by atoms with Gasteiger partial charge in [0.15, 0.2) is 0 Å². The Morgan fingerprint density at radius 2 is 2.05 bits per heavy atom. The van der Waals surface area contributed by atoms with E-state index in [2.05, 4.69) is 5.32 Å². The summed E-state index contributed by atoms with van der Waals surface area (Å²) in [5.41, 5.74) is 6.55. The fraction of sp³-hybridized carbons (Fsp3) is 0.625. The van der Waals surface area contributed by atoms with Gasteiger partial charge < -0.3 is 15.6 Å². The van der Waals surface area contributed by atoms with Crippen LogP contribution in [0.5, 0.6) is 0 Å². The van der Waals surface area contributed by atoms with Crippen LogP contribution in [0.25, 0.3) is 0 Å². The number of amides is 1.